The van der Waals surface area contributed by atoms with Crippen LogP contribution in [0.1, 0.15) is 26.7 Å². The normalized spacial score (nSPS) is 9.36. The van der Waals surface area contributed by atoms with Crippen molar-refractivity contribution in [3.05, 3.63) is 0 Å². The largest absolute Gasteiger partial charge is 0.453 e. The van der Waals surface area contributed by atoms with Crippen molar-refractivity contribution in [3.8, 4) is 0 Å². The minimum atomic E-state index is -0.214. The molecule has 3 heteroatoms. The lowest BCUT2D eigenvalue weighted by molar-refractivity contribution is 0.123. The van der Waals surface area contributed by atoms with Crippen LogP contribution in [0.3, 0.4) is 0 Å². The van der Waals surface area contributed by atoms with Gasteiger partial charge in [0.2, 0.25) is 0 Å². The van der Waals surface area contributed by atoms with Crippen molar-refractivity contribution in [2.24, 2.45) is 0 Å². The van der Waals surface area contributed by atoms with E-state index in [1.807, 2.05) is 13.8 Å². The van der Waals surface area contributed by atoms with E-state index in [1.165, 1.54) is 7.11 Å². The molecule has 1 amide bonds. The van der Waals surface area contributed by atoms with Crippen LogP contribution in [-0.2, 0) is 4.74 Å². The van der Waals surface area contributed by atoms with Crippen LogP contribution < -0.4 is 0 Å². The fourth-order valence-electron chi connectivity index (χ4n) is 0.963. The van der Waals surface area contributed by atoms with Gasteiger partial charge >= 0.3 is 6.09 Å². The van der Waals surface area contributed by atoms with E-state index in [4.69, 9.17) is 0 Å². The summed E-state index contributed by atoms with van der Waals surface area (Å²) >= 11 is 0. The zero-order valence-corrected chi connectivity index (χ0v) is 7.59. The number of hydrogen-bond donors (Lipinski definition) is 0. The summed E-state index contributed by atoms with van der Waals surface area (Å²) in [4.78, 5) is 12.7. The molecule has 0 aromatic carbocycles. The minimum absolute atomic E-state index is 0.214. The molecular weight excluding hydrogens is 142 g/mol. The van der Waals surface area contributed by atoms with Crippen LogP contribution in [0.4, 0.5) is 4.79 Å². The van der Waals surface area contributed by atoms with Crippen molar-refractivity contribution in [2.75, 3.05) is 20.2 Å². The molecule has 0 unspecified atom stereocenters. The maximum absolute atomic E-state index is 11.0. The molecule has 0 aromatic heterocycles. The number of ether oxygens (including phenoxy) is 1. The Bertz CT molecular complexity index is 109. The molecule has 66 valence electrons. The molecule has 0 rings (SSSR count). The summed E-state index contributed by atoms with van der Waals surface area (Å²) in [5.74, 6) is 0. The topological polar surface area (TPSA) is 29.5 Å². The third kappa shape index (κ3) is 3.86. The van der Waals surface area contributed by atoms with Crippen LogP contribution in [-0.4, -0.2) is 31.2 Å². The molecule has 0 saturated heterocycles. The van der Waals surface area contributed by atoms with E-state index in [2.05, 4.69) is 4.74 Å². The lowest BCUT2D eigenvalue weighted by atomic mass is 10.4. The van der Waals surface area contributed by atoms with Crippen LogP contribution in [0.5, 0.6) is 0 Å². The Kier molecular flexibility index (Phi) is 5.61. The molecular formula is C8H17NO2. The first-order valence-electron chi connectivity index (χ1n) is 4.09. The molecule has 0 bridgehead atoms. The van der Waals surface area contributed by atoms with E-state index >= 15 is 0 Å². The van der Waals surface area contributed by atoms with Gasteiger partial charge in [0.25, 0.3) is 0 Å². The Morgan fingerprint density at radius 3 is 2.00 bits per heavy atom. The first-order chi connectivity index (χ1) is 5.26. The summed E-state index contributed by atoms with van der Waals surface area (Å²) in [6.45, 7) is 5.68. The maximum atomic E-state index is 11.0. The number of carbonyl (C=O) groups excluding carboxylic acids is 1. The van der Waals surface area contributed by atoms with Crippen LogP contribution in [0, 0.1) is 0 Å². The molecule has 0 aliphatic rings. The molecule has 0 atom stereocenters. The smallest absolute Gasteiger partial charge is 0.409 e. The maximum Gasteiger partial charge on any atom is 0.409 e. The molecule has 0 radical (unpaired) electrons. The van der Waals surface area contributed by atoms with Crippen molar-refractivity contribution < 1.29 is 9.53 Å². The minimum Gasteiger partial charge on any atom is -0.453 e. The first kappa shape index (κ1) is 10.3. The van der Waals surface area contributed by atoms with Crippen molar-refractivity contribution in [1.82, 2.24) is 4.90 Å². The number of hydrogen-bond acceptors (Lipinski definition) is 2. The lowest BCUT2D eigenvalue weighted by Crippen LogP contribution is -2.32. The van der Waals surface area contributed by atoms with Crippen LogP contribution >= 0.6 is 0 Å². The quantitative estimate of drug-likeness (QED) is 0.626. The number of carbonyl (C=O) groups is 1. The molecule has 0 N–H and O–H groups in total. The van der Waals surface area contributed by atoms with Gasteiger partial charge in [-0.2, -0.15) is 0 Å². The van der Waals surface area contributed by atoms with Gasteiger partial charge in [-0.25, -0.2) is 4.79 Å². The van der Waals surface area contributed by atoms with Crippen LogP contribution in [0.25, 0.3) is 0 Å². The third-order valence-corrected chi connectivity index (χ3v) is 1.42. The highest BCUT2D eigenvalue weighted by atomic mass is 16.5. The summed E-state index contributed by atoms with van der Waals surface area (Å²) in [6, 6.07) is 0. The number of rotatable bonds is 4. The van der Waals surface area contributed by atoms with Gasteiger partial charge in [0, 0.05) is 13.1 Å². The summed E-state index contributed by atoms with van der Waals surface area (Å²) in [7, 11) is 1.42. The predicted octanol–water partition coefficient (Wildman–Crippen LogP) is 1.87. The van der Waals surface area contributed by atoms with Gasteiger partial charge in [0.1, 0.15) is 0 Å². The van der Waals surface area contributed by atoms with Gasteiger partial charge in [-0.15, -0.1) is 0 Å². The highest BCUT2D eigenvalue weighted by Gasteiger charge is 2.09. The fourth-order valence-corrected chi connectivity index (χ4v) is 0.963. The summed E-state index contributed by atoms with van der Waals surface area (Å²) in [5.41, 5.74) is 0. The Labute approximate surface area is 68.3 Å². The molecule has 0 aromatic rings. The van der Waals surface area contributed by atoms with Crippen LogP contribution in [0.2, 0.25) is 0 Å². The number of methoxy groups -OCH3 is 1. The Hall–Kier alpha value is -0.730. The zero-order chi connectivity index (χ0) is 8.69. The van der Waals surface area contributed by atoms with E-state index in [0.29, 0.717) is 0 Å². The first-order valence-corrected chi connectivity index (χ1v) is 4.09. The molecule has 0 aliphatic carbocycles. The second-order valence-electron chi connectivity index (χ2n) is 2.46. The van der Waals surface area contributed by atoms with Crippen molar-refractivity contribution in [2.45, 2.75) is 26.7 Å². The Morgan fingerprint density at radius 1 is 1.27 bits per heavy atom. The average molecular weight is 159 g/mol. The summed E-state index contributed by atoms with van der Waals surface area (Å²) < 4.78 is 4.60. The van der Waals surface area contributed by atoms with Crippen molar-refractivity contribution in [3.63, 3.8) is 0 Å². The predicted molar refractivity (Wildman–Crippen MR) is 44.6 cm³/mol. The van der Waals surface area contributed by atoms with Crippen LogP contribution in [0.15, 0.2) is 0 Å². The lowest BCUT2D eigenvalue weighted by Gasteiger charge is -2.19. The molecule has 0 fully saturated rings. The number of amides is 1. The second-order valence-corrected chi connectivity index (χ2v) is 2.46. The Morgan fingerprint density at radius 2 is 1.73 bits per heavy atom. The molecule has 11 heavy (non-hydrogen) atoms. The van der Waals surface area contributed by atoms with Crippen molar-refractivity contribution in [1.29, 1.82) is 0 Å². The SMILES string of the molecule is CCCN(CCC)C(=O)OC. The monoisotopic (exact) mass is 159 g/mol. The Balaban J connectivity index is 3.76. The van der Waals surface area contributed by atoms with Gasteiger partial charge in [-0.3, -0.25) is 0 Å². The van der Waals surface area contributed by atoms with Gasteiger partial charge in [-0.05, 0) is 12.8 Å². The third-order valence-electron chi connectivity index (χ3n) is 1.42. The summed E-state index contributed by atoms with van der Waals surface area (Å²) in [6.07, 6.45) is 1.75. The van der Waals surface area contributed by atoms with Gasteiger partial charge in [-0.1, -0.05) is 13.8 Å². The molecule has 0 aliphatic heterocycles. The van der Waals surface area contributed by atoms with E-state index in [0.717, 1.165) is 25.9 Å². The van der Waals surface area contributed by atoms with E-state index in [1.54, 1.807) is 4.90 Å². The van der Waals surface area contributed by atoms with E-state index in [-0.39, 0.29) is 6.09 Å². The zero-order valence-electron chi connectivity index (χ0n) is 7.59. The van der Waals surface area contributed by atoms with E-state index in [9.17, 15) is 4.79 Å². The van der Waals surface area contributed by atoms with Gasteiger partial charge < -0.3 is 9.64 Å². The molecule has 0 saturated carbocycles. The van der Waals surface area contributed by atoms with Gasteiger partial charge in [0.05, 0.1) is 7.11 Å². The average Bonchev–Trinajstić information content (AvgIpc) is 2.03. The van der Waals surface area contributed by atoms with Crippen molar-refractivity contribution >= 4 is 6.09 Å². The highest BCUT2D eigenvalue weighted by Crippen LogP contribution is 1.96. The molecule has 0 heterocycles. The number of nitrogens with zero attached hydrogens (tertiary/aromatic N) is 1. The summed E-state index contributed by atoms with van der Waals surface area (Å²) in [5, 5.41) is 0. The fraction of sp³-hybridized carbons (Fsp3) is 0.875. The highest BCUT2D eigenvalue weighted by molar-refractivity contribution is 5.67. The standard InChI is InChI=1S/C8H17NO2/c1-4-6-9(7-5-2)8(10)11-3/h4-7H2,1-3H3. The second kappa shape index (κ2) is 6.01. The molecule has 3 nitrogen and oxygen atoms in total. The van der Waals surface area contributed by atoms with Gasteiger partial charge in [0.15, 0.2) is 0 Å². The molecule has 0 spiro atoms. The van der Waals surface area contributed by atoms with E-state index < -0.39 is 0 Å².